The van der Waals surface area contributed by atoms with Crippen LogP contribution in [-0.2, 0) is 0 Å². The van der Waals surface area contributed by atoms with Crippen LogP contribution in [0.2, 0.25) is 0 Å². The van der Waals surface area contributed by atoms with Crippen molar-refractivity contribution in [2.75, 3.05) is 12.8 Å². The summed E-state index contributed by atoms with van der Waals surface area (Å²) in [4.78, 5) is 5.30. The Labute approximate surface area is 113 Å². The first-order valence-electron chi connectivity index (χ1n) is 6.26. The third kappa shape index (κ3) is 1.74. The molecule has 3 nitrogen and oxygen atoms in total. The normalized spacial score (nSPS) is 14.3. The zero-order valence-corrected chi connectivity index (χ0v) is 11.2. The highest BCUT2D eigenvalue weighted by Crippen LogP contribution is 2.36. The van der Waals surface area contributed by atoms with Gasteiger partial charge in [0.2, 0.25) is 0 Å². The number of hydrogen-bond donors (Lipinski definition) is 2. The van der Waals surface area contributed by atoms with Gasteiger partial charge in [0.15, 0.2) is 0 Å². The molecule has 0 unspecified atom stereocenters. The summed E-state index contributed by atoms with van der Waals surface area (Å²) in [5.74, 6) is 0. The molecule has 1 aromatic carbocycles. The standard InChI is InChI=1S/C16H17N3/c1-10-4-5-12(17)8-14(10)15-9-19(3)11(2)16-13(15)6-7-18-16/h4-9,18H,2,17H2,1,3H3. The highest BCUT2D eigenvalue weighted by atomic mass is 15.1. The van der Waals surface area contributed by atoms with E-state index in [0.29, 0.717) is 0 Å². The maximum atomic E-state index is 5.93. The van der Waals surface area contributed by atoms with E-state index < -0.39 is 0 Å². The van der Waals surface area contributed by atoms with Gasteiger partial charge in [-0.1, -0.05) is 12.6 Å². The fourth-order valence-corrected chi connectivity index (χ4v) is 2.49. The van der Waals surface area contributed by atoms with Crippen LogP contribution in [0, 0.1) is 6.92 Å². The molecule has 0 spiro atoms. The van der Waals surface area contributed by atoms with Crippen molar-refractivity contribution in [3.05, 3.63) is 65.6 Å². The Kier molecular flexibility index (Phi) is 2.49. The van der Waals surface area contributed by atoms with E-state index in [1.165, 1.54) is 22.3 Å². The Hall–Kier alpha value is -2.42. The van der Waals surface area contributed by atoms with Crippen molar-refractivity contribution < 1.29 is 0 Å². The topological polar surface area (TPSA) is 45.1 Å². The predicted molar refractivity (Wildman–Crippen MR) is 80.3 cm³/mol. The Morgan fingerprint density at radius 2 is 2.00 bits per heavy atom. The average molecular weight is 251 g/mol. The van der Waals surface area contributed by atoms with Gasteiger partial charge in [0.25, 0.3) is 0 Å². The molecule has 3 N–H and O–H groups in total. The van der Waals surface area contributed by atoms with Gasteiger partial charge in [-0.3, -0.25) is 0 Å². The molecule has 0 saturated heterocycles. The van der Waals surface area contributed by atoms with Crippen LogP contribution in [0.25, 0.3) is 11.3 Å². The summed E-state index contributed by atoms with van der Waals surface area (Å²) in [6, 6.07) is 8.10. The average Bonchev–Trinajstić information content (AvgIpc) is 2.86. The second-order valence-corrected chi connectivity index (χ2v) is 4.94. The fraction of sp³-hybridized carbons (Fsp3) is 0.125. The summed E-state index contributed by atoms with van der Waals surface area (Å²) in [7, 11) is 2.01. The smallest absolute Gasteiger partial charge is 0.0695 e. The number of nitrogen functional groups attached to an aromatic ring is 1. The number of nitrogens with one attached hydrogen (secondary N) is 1. The van der Waals surface area contributed by atoms with Crippen LogP contribution < -0.4 is 5.73 Å². The number of H-pyrrole nitrogens is 1. The van der Waals surface area contributed by atoms with Gasteiger partial charge >= 0.3 is 0 Å². The monoisotopic (exact) mass is 251 g/mol. The van der Waals surface area contributed by atoms with Crippen molar-refractivity contribution >= 4 is 17.0 Å². The van der Waals surface area contributed by atoms with Gasteiger partial charge in [-0.25, -0.2) is 0 Å². The SMILES string of the molecule is C=C1c2[nH]ccc2C(c2cc(N)ccc2C)=CN1C. The summed E-state index contributed by atoms with van der Waals surface area (Å²) in [5.41, 5.74) is 13.5. The zero-order valence-electron chi connectivity index (χ0n) is 11.2. The van der Waals surface area contributed by atoms with Crippen molar-refractivity contribution in [1.29, 1.82) is 0 Å². The molecule has 1 aliphatic heterocycles. The van der Waals surface area contributed by atoms with E-state index >= 15 is 0 Å². The van der Waals surface area contributed by atoms with Crippen LogP contribution in [0.3, 0.4) is 0 Å². The fourth-order valence-electron chi connectivity index (χ4n) is 2.49. The third-order valence-corrected chi connectivity index (χ3v) is 3.63. The Morgan fingerprint density at radius 1 is 1.21 bits per heavy atom. The van der Waals surface area contributed by atoms with Gasteiger partial charge < -0.3 is 15.6 Å². The number of fused-ring (bicyclic) bond motifs is 1. The van der Waals surface area contributed by atoms with Crippen LogP contribution in [0.15, 0.2) is 43.2 Å². The van der Waals surface area contributed by atoms with Crippen molar-refractivity contribution in [2.45, 2.75) is 6.92 Å². The molecular weight excluding hydrogens is 234 g/mol. The molecule has 0 saturated carbocycles. The summed E-state index contributed by atoms with van der Waals surface area (Å²) in [6.45, 7) is 6.20. The minimum atomic E-state index is 0.783. The lowest BCUT2D eigenvalue weighted by molar-refractivity contribution is 0.650. The highest BCUT2D eigenvalue weighted by Gasteiger charge is 2.21. The van der Waals surface area contributed by atoms with E-state index in [2.05, 4.69) is 36.8 Å². The molecule has 3 heteroatoms. The minimum Gasteiger partial charge on any atom is -0.399 e. The number of anilines is 1. The number of aromatic nitrogens is 1. The molecule has 0 fully saturated rings. The second kappa shape index (κ2) is 4.05. The van der Waals surface area contributed by atoms with E-state index in [4.69, 9.17) is 5.73 Å². The lowest BCUT2D eigenvalue weighted by Crippen LogP contribution is -2.15. The molecule has 2 aromatic rings. The lowest BCUT2D eigenvalue weighted by atomic mass is 9.92. The maximum Gasteiger partial charge on any atom is 0.0695 e. The van der Waals surface area contributed by atoms with Crippen molar-refractivity contribution in [1.82, 2.24) is 9.88 Å². The molecule has 2 heterocycles. The van der Waals surface area contributed by atoms with Gasteiger partial charge in [-0.2, -0.15) is 0 Å². The number of nitrogens with two attached hydrogens (primary N) is 1. The predicted octanol–water partition coefficient (Wildman–Crippen LogP) is 3.21. The maximum absolute atomic E-state index is 5.93. The Bertz CT molecular complexity index is 692. The largest absolute Gasteiger partial charge is 0.399 e. The first kappa shape index (κ1) is 11.7. The first-order chi connectivity index (χ1) is 9.08. The minimum absolute atomic E-state index is 0.783. The molecule has 1 aromatic heterocycles. The van der Waals surface area contributed by atoms with Crippen LogP contribution >= 0.6 is 0 Å². The number of aromatic amines is 1. The molecule has 19 heavy (non-hydrogen) atoms. The molecule has 3 rings (SSSR count). The van der Waals surface area contributed by atoms with Crippen LogP contribution in [0.5, 0.6) is 0 Å². The number of rotatable bonds is 1. The number of nitrogens with zero attached hydrogens (tertiary/aromatic N) is 1. The summed E-state index contributed by atoms with van der Waals surface area (Å²) in [6.07, 6.45) is 4.06. The Morgan fingerprint density at radius 3 is 2.79 bits per heavy atom. The molecule has 0 bridgehead atoms. The van der Waals surface area contributed by atoms with E-state index in [1.54, 1.807) is 0 Å². The van der Waals surface area contributed by atoms with Crippen molar-refractivity contribution in [3.63, 3.8) is 0 Å². The zero-order chi connectivity index (χ0) is 13.6. The van der Waals surface area contributed by atoms with Gasteiger partial charge in [0, 0.05) is 36.3 Å². The highest BCUT2D eigenvalue weighted by molar-refractivity contribution is 5.90. The second-order valence-electron chi connectivity index (χ2n) is 4.94. The quantitative estimate of drug-likeness (QED) is 0.764. The van der Waals surface area contributed by atoms with Crippen molar-refractivity contribution in [2.24, 2.45) is 0 Å². The van der Waals surface area contributed by atoms with Crippen LogP contribution in [0.4, 0.5) is 5.69 Å². The number of benzene rings is 1. The molecule has 0 aliphatic carbocycles. The molecular formula is C16H17N3. The van der Waals surface area contributed by atoms with E-state index in [1.807, 2.05) is 30.3 Å². The third-order valence-electron chi connectivity index (χ3n) is 3.63. The summed E-state index contributed by atoms with van der Waals surface area (Å²) in [5, 5.41) is 0. The summed E-state index contributed by atoms with van der Waals surface area (Å²) >= 11 is 0. The lowest BCUT2D eigenvalue weighted by Gasteiger charge is -2.26. The molecule has 0 radical (unpaired) electrons. The van der Waals surface area contributed by atoms with Gasteiger partial charge in [-0.15, -0.1) is 0 Å². The molecule has 1 aliphatic rings. The number of hydrogen-bond acceptors (Lipinski definition) is 2. The van der Waals surface area contributed by atoms with E-state index in [0.717, 1.165) is 17.1 Å². The molecule has 96 valence electrons. The van der Waals surface area contributed by atoms with Gasteiger partial charge in [-0.05, 0) is 36.2 Å². The summed E-state index contributed by atoms with van der Waals surface area (Å²) < 4.78 is 0. The van der Waals surface area contributed by atoms with Crippen LogP contribution in [-0.4, -0.2) is 16.9 Å². The first-order valence-corrected chi connectivity index (χ1v) is 6.26. The molecule has 0 amide bonds. The van der Waals surface area contributed by atoms with Gasteiger partial charge in [0.05, 0.1) is 11.4 Å². The molecule has 0 atom stereocenters. The number of aryl methyl sites for hydroxylation is 1. The van der Waals surface area contributed by atoms with Crippen molar-refractivity contribution in [3.8, 4) is 0 Å². The van der Waals surface area contributed by atoms with Crippen LogP contribution in [0.1, 0.15) is 22.4 Å². The van der Waals surface area contributed by atoms with E-state index in [9.17, 15) is 0 Å². The Balaban J connectivity index is 2.23. The van der Waals surface area contributed by atoms with E-state index in [-0.39, 0.29) is 0 Å². The van der Waals surface area contributed by atoms with Gasteiger partial charge in [0.1, 0.15) is 0 Å².